The summed E-state index contributed by atoms with van der Waals surface area (Å²) in [5, 5.41) is 2.58. The van der Waals surface area contributed by atoms with E-state index in [0.717, 1.165) is 0 Å². The zero-order valence-corrected chi connectivity index (χ0v) is 16.7. The standard InChI is InChI=1S/C18H15F3IN5O/c19-13-9-11(22)1-2-12(13)17(28)25-14-10-27-8-5-23-15(27)16(24-14)26-6-3-18(20,21)4-7-26/h1-2,5,8-10H,3-4,6-7H2,(H,25,28). The fourth-order valence-corrected chi connectivity index (χ4v) is 3.54. The van der Waals surface area contributed by atoms with E-state index in [1.54, 1.807) is 34.0 Å². The van der Waals surface area contributed by atoms with Gasteiger partial charge in [-0.25, -0.2) is 23.1 Å². The zero-order chi connectivity index (χ0) is 19.9. The molecule has 2 aromatic heterocycles. The molecule has 0 aliphatic carbocycles. The maximum Gasteiger partial charge on any atom is 0.259 e. The Morgan fingerprint density at radius 3 is 2.71 bits per heavy atom. The summed E-state index contributed by atoms with van der Waals surface area (Å²) in [5.74, 6) is -3.37. The molecule has 0 bridgehead atoms. The minimum atomic E-state index is -2.68. The molecule has 1 N–H and O–H groups in total. The first-order valence-corrected chi connectivity index (χ1v) is 9.63. The maximum atomic E-state index is 14.1. The van der Waals surface area contributed by atoms with E-state index in [9.17, 15) is 18.0 Å². The monoisotopic (exact) mass is 501 g/mol. The smallest absolute Gasteiger partial charge is 0.259 e. The van der Waals surface area contributed by atoms with Crippen LogP contribution in [-0.4, -0.2) is 39.3 Å². The van der Waals surface area contributed by atoms with Crippen molar-refractivity contribution in [3.8, 4) is 0 Å². The lowest BCUT2D eigenvalue weighted by Crippen LogP contribution is -2.40. The first-order valence-electron chi connectivity index (χ1n) is 8.55. The minimum absolute atomic E-state index is 0.105. The Hall–Kier alpha value is -2.37. The number of carbonyl (C=O) groups is 1. The number of hydrogen-bond donors (Lipinski definition) is 1. The lowest BCUT2D eigenvalue weighted by atomic mass is 10.1. The number of amides is 1. The summed E-state index contributed by atoms with van der Waals surface area (Å²) in [4.78, 5) is 22.8. The molecule has 4 rings (SSSR count). The maximum absolute atomic E-state index is 14.1. The van der Waals surface area contributed by atoms with E-state index in [1.807, 2.05) is 22.6 Å². The van der Waals surface area contributed by atoms with Crippen LogP contribution in [0.15, 0.2) is 36.8 Å². The highest BCUT2D eigenvalue weighted by Crippen LogP contribution is 2.31. The molecule has 1 aliphatic rings. The van der Waals surface area contributed by atoms with E-state index in [4.69, 9.17) is 0 Å². The third-order valence-corrected chi connectivity index (χ3v) is 5.24. The van der Waals surface area contributed by atoms with Crippen molar-refractivity contribution in [2.45, 2.75) is 18.8 Å². The number of fused-ring (bicyclic) bond motifs is 1. The molecule has 6 nitrogen and oxygen atoms in total. The number of piperidine rings is 1. The van der Waals surface area contributed by atoms with E-state index in [-0.39, 0.29) is 37.3 Å². The molecule has 1 aromatic carbocycles. The van der Waals surface area contributed by atoms with E-state index >= 15 is 0 Å². The number of nitrogens with one attached hydrogen (secondary N) is 1. The van der Waals surface area contributed by atoms with Crippen LogP contribution in [0.25, 0.3) is 5.65 Å². The van der Waals surface area contributed by atoms with E-state index in [1.165, 1.54) is 12.1 Å². The van der Waals surface area contributed by atoms with E-state index < -0.39 is 17.6 Å². The van der Waals surface area contributed by atoms with Crippen LogP contribution in [0.1, 0.15) is 23.2 Å². The lowest BCUT2D eigenvalue weighted by Gasteiger charge is -2.32. The molecule has 0 saturated carbocycles. The van der Waals surface area contributed by atoms with Crippen molar-refractivity contribution in [1.82, 2.24) is 14.4 Å². The number of hydrogen-bond acceptors (Lipinski definition) is 4. The molecular weight excluding hydrogens is 486 g/mol. The highest BCUT2D eigenvalue weighted by Gasteiger charge is 2.35. The third kappa shape index (κ3) is 3.77. The molecule has 0 radical (unpaired) electrons. The van der Waals surface area contributed by atoms with Crippen molar-refractivity contribution < 1.29 is 18.0 Å². The summed E-state index contributed by atoms with van der Waals surface area (Å²) < 4.78 is 43.4. The molecule has 1 amide bonds. The average Bonchev–Trinajstić information content (AvgIpc) is 3.09. The molecule has 3 aromatic rings. The van der Waals surface area contributed by atoms with Crippen molar-refractivity contribution in [1.29, 1.82) is 0 Å². The topological polar surface area (TPSA) is 62.5 Å². The summed E-state index contributed by atoms with van der Waals surface area (Å²) in [6.45, 7) is 0.261. The number of benzene rings is 1. The first kappa shape index (κ1) is 19.0. The number of aromatic nitrogens is 3. The van der Waals surface area contributed by atoms with Gasteiger partial charge in [0.15, 0.2) is 17.3 Å². The van der Waals surface area contributed by atoms with Gasteiger partial charge in [0.05, 0.1) is 11.8 Å². The van der Waals surface area contributed by atoms with E-state index in [0.29, 0.717) is 15.0 Å². The number of rotatable bonds is 3. The van der Waals surface area contributed by atoms with Crippen LogP contribution in [0, 0.1) is 9.39 Å². The fraction of sp³-hybridized carbons (Fsp3) is 0.278. The highest BCUT2D eigenvalue weighted by atomic mass is 127. The first-order chi connectivity index (χ1) is 13.3. The summed E-state index contributed by atoms with van der Waals surface area (Å²) in [7, 11) is 0. The number of nitrogens with zero attached hydrogens (tertiary/aromatic N) is 4. The van der Waals surface area contributed by atoms with Crippen molar-refractivity contribution in [3.05, 3.63) is 51.7 Å². The second-order valence-electron chi connectivity index (χ2n) is 6.53. The van der Waals surface area contributed by atoms with Crippen LogP contribution in [-0.2, 0) is 0 Å². The van der Waals surface area contributed by atoms with Crippen LogP contribution in [0.2, 0.25) is 0 Å². The van der Waals surface area contributed by atoms with Gasteiger partial charge in [-0.1, -0.05) is 0 Å². The molecule has 1 fully saturated rings. The molecule has 0 unspecified atom stereocenters. The van der Waals surface area contributed by atoms with Crippen LogP contribution >= 0.6 is 22.6 Å². The molecule has 1 saturated heterocycles. The highest BCUT2D eigenvalue weighted by molar-refractivity contribution is 14.1. The van der Waals surface area contributed by atoms with Gasteiger partial charge < -0.3 is 14.6 Å². The Bertz CT molecular complexity index is 1040. The van der Waals surface area contributed by atoms with Crippen molar-refractivity contribution in [2.24, 2.45) is 0 Å². The van der Waals surface area contributed by atoms with Gasteiger partial charge in [-0.2, -0.15) is 0 Å². The Balaban J connectivity index is 1.64. The quantitative estimate of drug-likeness (QED) is 0.553. The van der Waals surface area contributed by atoms with Gasteiger partial charge >= 0.3 is 0 Å². The molecule has 1 aliphatic heterocycles. The van der Waals surface area contributed by atoms with E-state index in [2.05, 4.69) is 15.3 Å². The van der Waals surface area contributed by atoms with Crippen LogP contribution in [0.4, 0.5) is 24.8 Å². The summed E-state index contributed by atoms with van der Waals surface area (Å²) in [6, 6.07) is 4.29. The summed E-state index contributed by atoms with van der Waals surface area (Å²) >= 11 is 1.96. The Kier molecular flexibility index (Phi) is 4.89. The Morgan fingerprint density at radius 2 is 2.00 bits per heavy atom. The number of halogens is 4. The second-order valence-corrected chi connectivity index (χ2v) is 7.77. The average molecular weight is 501 g/mol. The Morgan fingerprint density at radius 1 is 1.25 bits per heavy atom. The third-order valence-electron chi connectivity index (χ3n) is 4.57. The summed E-state index contributed by atoms with van der Waals surface area (Å²) in [5.41, 5.74) is 0.399. The van der Waals surface area contributed by atoms with Crippen molar-refractivity contribution >= 4 is 45.8 Å². The predicted octanol–water partition coefficient (Wildman–Crippen LogP) is 3.96. The lowest BCUT2D eigenvalue weighted by molar-refractivity contribution is -0.0221. The largest absolute Gasteiger partial charge is 0.353 e. The van der Waals surface area contributed by atoms with Gasteiger partial charge in [0.2, 0.25) is 0 Å². The van der Waals surface area contributed by atoms with Gasteiger partial charge in [0, 0.05) is 41.9 Å². The normalized spacial score (nSPS) is 16.4. The zero-order valence-electron chi connectivity index (χ0n) is 14.5. The van der Waals surface area contributed by atoms with Crippen molar-refractivity contribution in [3.63, 3.8) is 0 Å². The van der Waals surface area contributed by atoms with Crippen molar-refractivity contribution in [2.75, 3.05) is 23.3 Å². The van der Waals surface area contributed by atoms with Gasteiger partial charge in [0.1, 0.15) is 5.82 Å². The number of imidazole rings is 1. The van der Waals surface area contributed by atoms with Gasteiger partial charge in [-0.15, -0.1) is 0 Å². The fourth-order valence-electron chi connectivity index (χ4n) is 3.09. The molecular formula is C18H15F3IN5O. The summed E-state index contributed by atoms with van der Waals surface area (Å²) in [6.07, 6.45) is 4.23. The SMILES string of the molecule is O=C(Nc1cn2ccnc2c(N2CCC(F)(F)CC2)n1)c1ccc(I)cc1F. The molecule has 10 heteroatoms. The molecule has 28 heavy (non-hydrogen) atoms. The number of alkyl halides is 2. The molecule has 146 valence electrons. The Labute approximate surface area is 171 Å². The molecule has 0 atom stereocenters. The van der Waals surface area contributed by atoms with Crippen LogP contribution in [0.3, 0.4) is 0 Å². The second kappa shape index (κ2) is 7.22. The van der Waals surface area contributed by atoms with Crippen LogP contribution in [0.5, 0.6) is 0 Å². The van der Waals surface area contributed by atoms with Gasteiger partial charge in [0.25, 0.3) is 11.8 Å². The number of anilines is 2. The number of carbonyl (C=O) groups excluding carboxylic acids is 1. The molecule has 0 spiro atoms. The van der Waals surface area contributed by atoms with Crippen LogP contribution < -0.4 is 10.2 Å². The van der Waals surface area contributed by atoms with Gasteiger partial charge in [-0.05, 0) is 40.8 Å². The molecule has 3 heterocycles. The minimum Gasteiger partial charge on any atom is -0.353 e. The van der Waals surface area contributed by atoms with Gasteiger partial charge in [-0.3, -0.25) is 4.79 Å². The predicted molar refractivity (Wildman–Crippen MR) is 106 cm³/mol.